The molecule has 94 valence electrons. The van der Waals surface area contributed by atoms with Crippen LogP contribution in [-0.2, 0) is 11.3 Å². The molecule has 0 aliphatic heterocycles. The second kappa shape index (κ2) is 6.21. The van der Waals surface area contributed by atoms with Crippen molar-refractivity contribution in [2.75, 3.05) is 6.61 Å². The number of carboxylic acid groups (broad SMARTS) is 1. The average Bonchev–Trinajstić information content (AvgIpc) is 2.68. The number of carboxylic acids is 1. The van der Waals surface area contributed by atoms with Gasteiger partial charge in [0.05, 0.1) is 6.61 Å². The number of nitrogens with one attached hydrogen (secondary N) is 2. The van der Waals surface area contributed by atoms with E-state index in [4.69, 9.17) is 10.2 Å². The summed E-state index contributed by atoms with van der Waals surface area (Å²) in [5.74, 6) is -1.27. The summed E-state index contributed by atoms with van der Waals surface area (Å²) in [5.41, 5.74) is 2.06. The molecule has 1 heterocycles. The van der Waals surface area contributed by atoms with E-state index in [2.05, 4.69) is 10.6 Å². The molecule has 0 saturated heterocycles. The lowest BCUT2D eigenvalue weighted by Crippen LogP contribution is -2.47. The van der Waals surface area contributed by atoms with Gasteiger partial charge < -0.3 is 20.8 Å². The van der Waals surface area contributed by atoms with Gasteiger partial charge in [0.15, 0.2) is 6.04 Å². The fourth-order valence-corrected chi connectivity index (χ4v) is 2.00. The van der Waals surface area contributed by atoms with Gasteiger partial charge in [-0.3, -0.25) is 0 Å². The summed E-state index contributed by atoms with van der Waals surface area (Å²) >= 11 is 1.54. The quantitative estimate of drug-likeness (QED) is 0.610. The fourth-order valence-electron chi connectivity index (χ4n) is 1.14. The Morgan fingerprint density at radius 1 is 1.47 bits per heavy atom. The Bertz CT molecular complexity index is 405. The maximum absolute atomic E-state index is 11.3. The topological polar surface area (TPSA) is 98.7 Å². The molecular formula is C10H14N2O4S. The van der Waals surface area contributed by atoms with Crippen molar-refractivity contribution in [1.82, 2.24) is 10.6 Å². The number of aryl methyl sites for hydroxylation is 1. The van der Waals surface area contributed by atoms with Gasteiger partial charge in [0.1, 0.15) is 0 Å². The van der Waals surface area contributed by atoms with E-state index in [9.17, 15) is 9.59 Å². The average molecular weight is 258 g/mol. The maximum atomic E-state index is 11.3. The van der Waals surface area contributed by atoms with Gasteiger partial charge in [-0.05, 0) is 28.8 Å². The van der Waals surface area contributed by atoms with Crippen molar-refractivity contribution in [3.05, 3.63) is 21.9 Å². The minimum absolute atomic E-state index is 0.332. The van der Waals surface area contributed by atoms with Crippen molar-refractivity contribution in [1.29, 1.82) is 0 Å². The monoisotopic (exact) mass is 258 g/mol. The Kier molecular flexibility index (Phi) is 4.92. The minimum atomic E-state index is -1.28. The van der Waals surface area contributed by atoms with E-state index in [1.165, 1.54) is 11.3 Å². The van der Waals surface area contributed by atoms with E-state index in [0.29, 0.717) is 6.54 Å². The maximum Gasteiger partial charge on any atom is 0.328 e. The molecule has 0 aliphatic carbocycles. The molecule has 1 rings (SSSR count). The number of aliphatic carboxylic acids is 1. The van der Waals surface area contributed by atoms with Crippen LogP contribution in [0.25, 0.3) is 0 Å². The third kappa shape index (κ3) is 4.04. The number of aliphatic hydroxyl groups excluding tert-OH is 1. The fraction of sp³-hybridized carbons (Fsp3) is 0.400. The smallest absolute Gasteiger partial charge is 0.328 e. The summed E-state index contributed by atoms with van der Waals surface area (Å²) in [5, 5.41) is 25.9. The van der Waals surface area contributed by atoms with Crippen molar-refractivity contribution in [2.45, 2.75) is 19.5 Å². The first-order valence-electron chi connectivity index (χ1n) is 4.94. The summed E-state index contributed by atoms with van der Waals surface area (Å²) in [6.07, 6.45) is 0. The molecule has 0 fully saturated rings. The standard InChI is InChI=1S/C10H14N2O4S/c1-6-4-17-5-7(6)2-11-10(16)12-8(3-13)9(14)15/h4-5,8,13H,2-3H2,1H3,(H,14,15)(H2,11,12,16)/t8-/m0/s1. The van der Waals surface area contributed by atoms with Crippen LogP contribution in [0.15, 0.2) is 10.8 Å². The first kappa shape index (κ1) is 13.5. The summed E-state index contributed by atoms with van der Waals surface area (Å²) in [7, 11) is 0. The third-order valence-electron chi connectivity index (χ3n) is 2.19. The number of hydrogen-bond acceptors (Lipinski definition) is 4. The summed E-state index contributed by atoms with van der Waals surface area (Å²) in [6.45, 7) is 1.62. The van der Waals surface area contributed by atoms with Crippen LogP contribution in [0.4, 0.5) is 4.79 Å². The van der Waals surface area contributed by atoms with Crippen molar-refractivity contribution < 1.29 is 19.8 Å². The summed E-state index contributed by atoms with van der Waals surface area (Å²) < 4.78 is 0. The van der Waals surface area contributed by atoms with Gasteiger partial charge >= 0.3 is 12.0 Å². The van der Waals surface area contributed by atoms with Gasteiger partial charge in [-0.1, -0.05) is 0 Å². The minimum Gasteiger partial charge on any atom is -0.480 e. The van der Waals surface area contributed by atoms with Gasteiger partial charge in [0.25, 0.3) is 0 Å². The predicted octanol–water partition coefficient (Wildman–Crippen LogP) is 0.301. The summed E-state index contributed by atoms with van der Waals surface area (Å²) in [6, 6.07) is -1.89. The molecule has 7 heteroatoms. The highest BCUT2D eigenvalue weighted by molar-refractivity contribution is 7.08. The number of carbonyl (C=O) groups is 2. The molecule has 0 aliphatic rings. The first-order valence-corrected chi connectivity index (χ1v) is 5.88. The molecule has 1 aromatic rings. The molecule has 0 aromatic carbocycles. The van der Waals surface area contributed by atoms with Gasteiger partial charge in [-0.25, -0.2) is 9.59 Å². The molecule has 0 unspecified atom stereocenters. The van der Waals surface area contributed by atoms with E-state index in [-0.39, 0.29) is 0 Å². The van der Waals surface area contributed by atoms with E-state index < -0.39 is 24.6 Å². The van der Waals surface area contributed by atoms with E-state index in [1.54, 1.807) is 0 Å². The zero-order valence-electron chi connectivity index (χ0n) is 9.27. The predicted molar refractivity (Wildman–Crippen MR) is 62.9 cm³/mol. The van der Waals surface area contributed by atoms with Gasteiger partial charge in [0, 0.05) is 6.54 Å². The third-order valence-corrected chi connectivity index (χ3v) is 3.10. The number of hydrogen-bond donors (Lipinski definition) is 4. The van der Waals surface area contributed by atoms with E-state index >= 15 is 0 Å². The Hall–Kier alpha value is -1.60. The highest BCUT2D eigenvalue weighted by atomic mass is 32.1. The molecule has 2 amide bonds. The largest absolute Gasteiger partial charge is 0.480 e. The van der Waals surface area contributed by atoms with Crippen LogP contribution in [0, 0.1) is 6.92 Å². The molecule has 0 bridgehead atoms. The van der Waals surface area contributed by atoms with Crippen LogP contribution in [-0.4, -0.2) is 34.9 Å². The second-order valence-corrected chi connectivity index (χ2v) is 4.22. The number of urea groups is 1. The SMILES string of the molecule is Cc1cscc1CNC(=O)N[C@@H](CO)C(=O)O. The van der Waals surface area contributed by atoms with E-state index in [0.717, 1.165) is 11.1 Å². The molecule has 0 spiro atoms. The number of carbonyl (C=O) groups excluding carboxylic acids is 1. The zero-order valence-corrected chi connectivity index (χ0v) is 10.1. The molecule has 4 N–H and O–H groups in total. The van der Waals surface area contributed by atoms with Crippen molar-refractivity contribution in [3.8, 4) is 0 Å². The first-order chi connectivity index (χ1) is 8.04. The lowest BCUT2D eigenvalue weighted by molar-refractivity contribution is -0.140. The molecule has 0 saturated carbocycles. The van der Waals surface area contributed by atoms with Gasteiger partial charge in [-0.15, -0.1) is 0 Å². The molecule has 0 radical (unpaired) electrons. The van der Waals surface area contributed by atoms with Gasteiger partial charge in [0.2, 0.25) is 0 Å². The van der Waals surface area contributed by atoms with Crippen LogP contribution in [0.2, 0.25) is 0 Å². The van der Waals surface area contributed by atoms with E-state index in [1.807, 2.05) is 17.7 Å². The van der Waals surface area contributed by atoms with Crippen LogP contribution in [0.5, 0.6) is 0 Å². The number of aliphatic hydroxyl groups is 1. The van der Waals surface area contributed by atoms with Crippen LogP contribution in [0.3, 0.4) is 0 Å². The van der Waals surface area contributed by atoms with Crippen LogP contribution >= 0.6 is 11.3 Å². The van der Waals surface area contributed by atoms with Crippen molar-refractivity contribution in [2.24, 2.45) is 0 Å². The number of rotatable bonds is 5. The Balaban J connectivity index is 2.40. The van der Waals surface area contributed by atoms with Crippen LogP contribution in [0.1, 0.15) is 11.1 Å². The zero-order chi connectivity index (χ0) is 12.8. The molecule has 1 aromatic heterocycles. The highest BCUT2D eigenvalue weighted by Gasteiger charge is 2.18. The lowest BCUT2D eigenvalue weighted by Gasteiger charge is -2.12. The summed E-state index contributed by atoms with van der Waals surface area (Å²) in [4.78, 5) is 21.9. The number of amides is 2. The number of thiophene rings is 1. The molecule has 1 atom stereocenters. The van der Waals surface area contributed by atoms with Crippen molar-refractivity contribution in [3.63, 3.8) is 0 Å². The lowest BCUT2D eigenvalue weighted by atomic mass is 10.2. The van der Waals surface area contributed by atoms with Crippen molar-refractivity contribution >= 4 is 23.3 Å². The normalized spacial score (nSPS) is 11.9. The Labute approximate surface area is 102 Å². The second-order valence-electron chi connectivity index (χ2n) is 3.48. The Morgan fingerprint density at radius 2 is 2.18 bits per heavy atom. The van der Waals surface area contributed by atoms with Gasteiger partial charge in [-0.2, -0.15) is 11.3 Å². The highest BCUT2D eigenvalue weighted by Crippen LogP contribution is 2.12. The Morgan fingerprint density at radius 3 is 2.65 bits per heavy atom. The van der Waals surface area contributed by atoms with Crippen LogP contribution < -0.4 is 10.6 Å². The molecule has 6 nitrogen and oxygen atoms in total. The molecule has 17 heavy (non-hydrogen) atoms. The molecular weight excluding hydrogens is 244 g/mol.